The van der Waals surface area contributed by atoms with E-state index in [2.05, 4.69) is 5.32 Å². The van der Waals surface area contributed by atoms with Crippen LogP contribution in [0.4, 0.5) is 5.69 Å². The van der Waals surface area contributed by atoms with Crippen molar-refractivity contribution >= 4 is 39.5 Å². The van der Waals surface area contributed by atoms with Gasteiger partial charge in [0.15, 0.2) is 0 Å². The summed E-state index contributed by atoms with van der Waals surface area (Å²) >= 11 is 1.59. The Balaban J connectivity index is 1.70. The molecule has 0 atom stereocenters. The summed E-state index contributed by atoms with van der Waals surface area (Å²) in [6, 6.07) is 5.32. The van der Waals surface area contributed by atoms with Crippen LogP contribution in [0, 0.1) is 0 Å². The zero-order chi connectivity index (χ0) is 18.9. The summed E-state index contributed by atoms with van der Waals surface area (Å²) < 4.78 is 26.9. The van der Waals surface area contributed by atoms with Crippen molar-refractivity contribution in [2.45, 2.75) is 11.3 Å². The van der Waals surface area contributed by atoms with Gasteiger partial charge >= 0.3 is 0 Å². The molecule has 26 heavy (non-hydrogen) atoms. The molecule has 0 bridgehead atoms. The second-order valence-electron chi connectivity index (χ2n) is 6.34. The van der Waals surface area contributed by atoms with Gasteiger partial charge in [0.1, 0.15) is 0 Å². The number of hydrogen-bond acceptors (Lipinski definition) is 5. The Bertz CT molecular complexity index is 818. The third-order valence-electron chi connectivity index (χ3n) is 4.40. The van der Waals surface area contributed by atoms with Gasteiger partial charge in [-0.1, -0.05) is 0 Å². The molecule has 1 aromatic carbocycles. The van der Waals surface area contributed by atoms with Gasteiger partial charge in [0.25, 0.3) is 16.1 Å². The molecule has 1 fully saturated rings. The minimum Gasteiger partial charge on any atom is -0.336 e. The van der Waals surface area contributed by atoms with Crippen molar-refractivity contribution in [3.63, 3.8) is 0 Å². The van der Waals surface area contributed by atoms with Crippen molar-refractivity contribution in [1.29, 1.82) is 0 Å². The van der Waals surface area contributed by atoms with Gasteiger partial charge in [0.2, 0.25) is 5.91 Å². The van der Waals surface area contributed by atoms with E-state index >= 15 is 0 Å². The first-order valence-electron chi connectivity index (χ1n) is 8.32. The molecule has 1 aromatic rings. The van der Waals surface area contributed by atoms with Gasteiger partial charge in [0.05, 0.1) is 5.69 Å². The second-order valence-corrected chi connectivity index (χ2v) is 9.62. The number of anilines is 1. The predicted molar refractivity (Wildman–Crippen MR) is 100 cm³/mol. The van der Waals surface area contributed by atoms with Crippen molar-refractivity contribution < 1.29 is 18.0 Å². The fraction of sp³-hybridized carbons (Fsp3) is 0.500. The fourth-order valence-electron chi connectivity index (χ4n) is 2.89. The molecule has 0 spiro atoms. The van der Waals surface area contributed by atoms with E-state index < -0.39 is 10.2 Å². The highest BCUT2D eigenvalue weighted by Gasteiger charge is 2.30. The molecule has 0 aromatic heterocycles. The van der Waals surface area contributed by atoms with E-state index in [-0.39, 0.29) is 24.9 Å². The maximum Gasteiger partial charge on any atom is 0.281 e. The van der Waals surface area contributed by atoms with E-state index in [1.165, 1.54) is 22.7 Å². The molecule has 142 valence electrons. The molecular formula is C16H22N4O4S2. The molecule has 8 nitrogen and oxygen atoms in total. The molecule has 2 amide bonds. The summed E-state index contributed by atoms with van der Waals surface area (Å²) in [6.45, 7) is 1.21. The number of amides is 2. The number of piperazine rings is 1. The highest BCUT2D eigenvalue weighted by Crippen LogP contribution is 2.31. The minimum absolute atomic E-state index is 0.0524. The zero-order valence-corrected chi connectivity index (χ0v) is 16.4. The Morgan fingerprint density at radius 1 is 1.19 bits per heavy atom. The quantitative estimate of drug-likeness (QED) is 0.809. The minimum atomic E-state index is -3.46. The van der Waals surface area contributed by atoms with E-state index in [9.17, 15) is 18.0 Å². The number of rotatable bonds is 3. The standard InChI is InChI=1S/C16H22N4O4S2/c1-18(2)26(23,24)20-8-6-19(7-9-20)16(22)12-3-4-14-13(11-12)17-15(21)5-10-25-14/h3-4,11H,5-10H2,1-2H3,(H,17,21). The largest absolute Gasteiger partial charge is 0.336 e. The summed E-state index contributed by atoms with van der Waals surface area (Å²) in [5, 5.41) is 2.84. The number of nitrogens with one attached hydrogen (secondary N) is 1. The van der Waals surface area contributed by atoms with Gasteiger partial charge in [-0.15, -0.1) is 11.8 Å². The SMILES string of the molecule is CN(C)S(=O)(=O)N1CCN(C(=O)c2ccc3c(c2)NC(=O)CCS3)CC1. The lowest BCUT2D eigenvalue weighted by Gasteiger charge is -2.35. The fourth-order valence-corrected chi connectivity index (χ4v) is 4.91. The van der Waals surface area contributed by atoms with Crippen molar-refractivity contribution in [3.05, 3.63) is 23.8 Å². The third kappa shape index (κ3) is 3.88. The molecular weight excluding hydrogens is 376 g/mol. The lowest BCUT2D eigenvalue weighted by molar-refractivity contribution is -0.115. The van der Waals surface area contributed by atoms with Gasteiger partial charge in [-0.2, -0.15) is 17.0 Å². The van der Waals surface area contributed by atoms with Crippen LogP contribution in [0.25, 0.3) is 0 Å². The smallest absolute Gasteiger partial charge is 0.281 e. The van der Waals surface area contributed by atoms with E-state index in [0.29, 0.717) is 36.5 Å². The highest BCUT2D eigenvalue weighted by molar-refractivity contribution is 7.99. The summed E-state index contributed by atoms with van der Waals surface area (Å²) in [5.74, 6) is 0.510. The summed E-state index contributed by atoms with van der Waals surface area (Å²) in [7, 11) is -0.468. The average molecular weight is 399 g/mol. The van der Waals surface area contributed by atoms with Crippen LogP contribution >= 0.6 is 11.8 Å². The zero-order valence-electron chi connectivity index (χ0n) is 14.8. The highest BCUT2D eigenvalue weighted by atomic mass is 32.2. The van der Waals surface area contributed by atoms with Crippen molar-refractivity contribution in [2.24, 2.45) is 0 Å². The third-order valence-corrected chi connectivity index (χ3v) is 7.42. The Kier molecular flexibility index (Phi) is 5.56. The Morgan fingerprint density at radius 2 is 1.88 bits per heavy atom. The summed E-state index contributed by atoms with van der Waals surface area (Å²) in [6.07, 6.45) is 0.449. The molecule has 1 saturated heterocycles. The Hall–Kier alpha value is -1.62. The molecule has 2 heterocycles. The molecule has 0 radical (unpaired) electrons. The lowest BCUT2D eigenvalue weighted by atomic mass is 10.1. The molecule has 0 aliphatic carbocycles. The van der Waals surface area contributed by atoms with Crippen LogP contribution in [0.1, 0.15) is 16.8 Å². The second kappa shape index (κ2) is 7.55. The van der Waals surface area contributed by atoms with Gasteiger partial charge < -0.3 is 10.2 Å². The Labute approximate surface area is 157 Å². The van der Waals surface area contributed by atoms with E-state index in [0.717, 1.165) is 4.90 Å². The maximum atomic E-state index is 12.8. The van der Waals surface area contributed by atoms with E-state index in [4.69, 9.17) is 0 Å². The number of thioether (sulfide) groups is 1. The Morgan fingerprint density at radius 3 is 2.54 bits per heavy atom. The number of fused-ring (bicyclic) bond motifs is 1. The van der Waals surface area contributed by atoms with Gasteiger partial charge in [-0.05, 0) is 18.2 Å². The number of hydrogen-bond donors (Lipinski definition) is 1. The predicted octanol–water partition coefficient (Wildman–Crippen LogP) is 0.685. The number of carbonyl (C=O) groups excluding carboxylic acids is 2. The normalized spacial score (nSPS) is 19.0. The molecule has 0 unspecified atom stereocenters. The van der Waals surface area contributed by atoms with E-state index in [1.807, 2.05) is 6.07 Å². The van der Waals surface area contributed by atoms with Crippen LogP contribution in [0.5, 0.6) is 0 Å². The van der Waals surface area contributed by atoms with Crippen LogP contribution in [-0.2, 0) is 15.0 Å². The van der Waals surface area contributed by atoms with Crippen molar-refractivity contribution in [1.82, 2.24) is 13.5 Å². The molecule has 10 heteroatoms. The van der Waals surface area contributed by atoms with Gasteiger partial charge in [0, 0.05) is 62.9 Å². The topological polar surface area (TPSA) is 90.0 Å². The summed E-state index contributed by atoms with van der Waals surface area (Å²) in [4.78, 5) is 27.1. The lowest BCUT2D eigenvalue weighted by Crippen LogP contribution is -2.53. The number of nitrogens with zero attached hydrogens (tertiary/aromatic N) is 3. The molecule has 3 rings (SSSR count). The first-order valence-corrected chi connectivity index (χ1v) is 10.7. The number of benzene rings is 1. The van der Waals surface area contributed by atoms with Crippen molar-refractivity contribution in [2.75, 3.05) is 51.3 Å². The van der Waals surface area contributed by atoms with Crippen molar-refractivity contribution in [3.8, 4) is 0 Å². The monoisotopic (exact) mass is 398 g/mol. The first kappa shape index (κ1) is 19.2. The molecule has 0 saturated carbocycles. The first-order chi connectivity index (χ1) is 12.3. The van der Waals surface area contributed by atoms with Gasteiger partial charge in [-0.3, -0.25) is 9.59 Å². The molecule has 1 N–H and O–H groups in total. The van der Waals surface area contributed by atoms with Crippen LogP contribution in [-0.4, -0.2) is 79.8 Å². The van der Waals surface area contributed by atoms with Gasteiger partial charge in [-0.25, -0.2) is 0 Å². The van der Waals surface area contributed by atoms with E-state index in [1.54, 1.807) is 28.8 Å². The number of carbonyl (C=O) groups is 2. The maximum absolute atomic E-state index is 12.8. The van der Waals surface area contributed by atoms with Crippen LogP contribution in [0.3, 0.4) is 0 Å². The van der Waals surface area contributed by atoms with Crippen LogP contribution in [0.15, 0.2) is 23.1 Å². The average Bonchev–Trinajstić information content (AvgIpc) is 2.80. The van der Waals surface area contributed by atoms with Crippen LogP contribution in [0.2, 0.25) is 0 Å². The molecule has 2 aliphatic rings. The summed E-state index contributed by atoms with van der Waals surface area (Å²) in [5.41, 5.74) is 1.16. The van der Waals surface area contributed by atoms with Crippen LogP contribution < -0.4 is 5.32 Å². The molecule has 2 aliphatic heterocycles.